The molecule has 0 unspecified atom stereocenters. The van der Waals surface area contributed by atoms with E-state index in [0.717, 1.165) is 0 Å². The highest BCUT2D eigenvalue weighted by Crippen LogP contribution is 2.14. The number of rotatable bonds is 0. The number of cyclic esters (lactones) is 2. The molecule has 1 rings (SSSR count). The molecule has 1 aliphatic heterocycles. The van der Waals surface area contributed by atoms with Crippen molar-refractivity contribution < 1.29 is 18.7 Å². The van der Waals surface area contributed by atoms with Gasteiger partial charge in [0.1, 0.15) is 0 Å². The molecule has 1 fully saturated rings. The van der Waals surface area contributed by atoms with Gasteiger partial charge in [-0.3, -0.25) is 0 Å². The van der Waals surface area contributed by atoms with Gasteiger partial charge in [-0.25, -0.2) is 4.79 Å². The Balaban J connectivity index is 2.51. The van der Waals surface area contributed by atoms with Crippen LogP contribution in [0.25, 0.3) is 0 Å². The van der Waals surface area contributed by atoms with Gasteiger partial charge in [0, 0.05) is 0 Å². The quantitative estimate of drug-likeness (QED) is 0.444. The average Bonchev–Trinajstić information content (AvgIpc) is 1.85. The van der Waals surface area contributed by atoms with Crippen LogP contribution in [0, 0.1) is 0 Å². The highest BCUT2D eigenvalue weighted by atomic mass is 19.1. The standard InChI is InChI=1S/C4H5FO3/c1-2-3(5)8-4(6)7-2/h2-3H,1H3/t2-,3+/m1/s1. The van der Waals surface area contributed by atoms with Gasteiger partial charge < -0.3 is 9.47 Å². The van der Waals surface area contributed by atoms with Crippen molar-refractivity contribution in [1.82, 2.24) is 0 Å². The van der Waals surface area contributed by atoms with Crippen LogP contribution in [0.2, 0.25) is 0 Å². The third-order valence-electron chi connectivity index (χ3n) is 0.860. The first-order valence-electron chi connectivity index (χ1n) is 2.21. The molecule has 1 heterocycles. The summed E-state index contributed by atoms with van der Waals surface area (Å²) in [5, 5.41) is 0. The molecule has 0 aromatic heterocycles. The normalized spacial score (nSPS) is 36.5. The molecule has 0 N–H and O–H groups in total. The SMILES string of the molecule is C[C@H]1OC(=O)O[C@@H]1F. The van der Waals surface area contributed by atoms with E-state index in [-0.39, 0.29) is 0 Å². The predicted octanol–water partition coefficient (Wildman–Crippen LogP) is 0.837. The fourth-order valence-corrected chi connectivity index (χ4v) is 0.421. The Morgan fingerprint density at radius 3 is 2.38 bits per heavy atom. The molecule has 0 aromatic rings. The van der Waals surface area contributed by atoms with Crippen LogP contribution >= 0.6 is 0 Å². The Kier molecular flexibility index (Phi) is 1.08. The second-order valence-corrected chi connectivity index (χ2v) is 1.54. The molecule has 0 aromatic carbocycles. The van der Waals surface area contributed by atoms with E-state index < -0.39 is 18.6 Å². The Labute approximate surface area is 45.4 Å². The Hall–Kier alpha value is -0.800. The van der Waals surface area contributed by atoms with Crippen LogP contribution in [0.4, 0.5) is 9.18 Å². The van der Waals surface area contributed by atoms with Crippen molar-refractivity contribution in [3.8, 4) is 0 Å². The zero-order chi connectivity index (χ0) is 6.15. The maximum absolute atomic E-state index is 12.0. The molecule has 0 aliphatic carbocycles. The summed E-state index contributed by atoms with van der Waals surface area (Å²) < 4.78 is 20.2. The molecule has 1 saturated heterocycles. The second kappa shape index (κ2) is 1.61. The molecule has 8 heavy (non-hydrogen) atoms. The number of alkyl halides is 1. The summed E-state index contributed by atoms with van der Waals surface area (Å²) in [6.07, 6.45) is -3.25. The summed E-state index contributed by atoms with van der Waals surface area (Å²) >= 11 is 0. The summed E-state index contributed by atoms with van der Waals surface area (Å²) in [5.41, 5.74) is 0. The zero-order valence-corrected chi connectivity index (χ0v) is 4.26. The third kappa shape index (κ3) is 0.731. The van der Waals surface area contributed by atoms with Crippen molar-refractivity contribution in [2.75, 3.05) is 0 Å². The van der Waals surface area contributed by atoms with Crippen molar-refractivity contribution >= 4 is 6.16 Å². The topological polar surface area (TPSA) is 35.5 Å². The van der Waals surface area contributed by atoms with E-state index in [2.05, 4.69) is 9.47 Å². The number of carbonyl (C=O) groups is 1. The molecule has 1 aliphatic rings. The smallest absolute Gasteiger partial charge is 0.424 e. The Morgan fingerprint density at radius 1 is 1.62 bits per heavy atom. The summed E-state index contributed by atoms with van der Waals surface area (Å²) in [6.45, 7) is 1.43. The van der Waals surface area contributed by atoms with Crippen LogP contribution in [0.1, 0.15) is 6.92 Å². The van der Waals surface area contributed by atoms with Crippen LogP contribution < -0.4 is 0 Å². The third-order valence-corrected chi connectivity index (χ3v) is 0.860. The summed E-state index contributed by atoms with van der Waals surface area (Å²) in [6, 6.07) is 0. The van der Waals surface area contributed by atoms with E-state index in [1.807, 2.05) is 0 Å². The van der Waals surface area contributed by atoms with Crippen LogP contribution in [-0.2, 0) is 9.47 Å². The van der Waals surface area contributed by atoms with Crippen molar-refractivity contribution in [3.63, 3.8) is 0 Å². The lowest BCUT2D eigenvalue weighted by Gasteiger charge is -1.96. The minimum absolute atomic E-state index is 0.748. The van der Waals surface area contributed by atoms with Crippen molar-refractivity contribution in [1.29, 1.82) is 0 Å². The molecule has 0 saturated carbocycles. The number of carbonyl (C=O) groups excluding carboxylic acids is 1. The first kappa shape index (κ1) is 5.34. The summed E-state index contributed by atoms with van der Waals surface area (Å²) in [5.74, 6) is 0. The van der Waals surface area contributed by atoms with Gasteiger partial charge >= 0.3 is 6.16 Å². The van der Waals surface area contributed by atoms with Crippen molar-refractivity contribution in [3.05, 3.63) is 0 Å². The molecule has 0 spiro atoms. The van der Waals surface area contributed by atoms with E-state index in [0.29, 0.717) is 0 Å². The lowest BCUT2D eigenvalue weighted by Crippen LogP contribution is -2.11. The molecule has 3 nitrogen and oxygen atoms in total. The lowest BCUT2D eigenvalue weighted by molar-refractivity contribution is 0.0374. The molecule has 0 radical (unpaired) electrons. The maximum Gasteiger partial charge on any atom is 0.511 e. The van der Waals surface area contributed by atoms with Gasteiger partial charge in [0.15, 0.2) is 6.10 Å². The van der Waals surface area contributed by atoms with Gasteiger partial charge in [-0.1, -0.05) is 0 Å². The summed E-state index contributed by atoms with van der Waals surface area (Å²) in [7, 11) is 0. The molecular formula is C4H5FO3. The van der Waals surface area contributed by atoms with Crippen LogP contribution in [-0.4, -0.2) is 18.6 Å². The second-order valence-electron chi connectivity index (χ2n) is 1.54. The van der Waals surface area contributed by atoms with Gasteiger partial charge in [0.2, 0.25) is 0 Å². The average molecular weight is 120 g/mol. The number of hydrogen-bond acceptors (Lipinski definition) is 3. The zero-order valence-electron chi connectivity index (χ0n) is 4.26. The number of hydrogen-bond donors (Lipinski definition) is 0. The first-order valence-corrected chi connectivity index (χ1v) is 2.21. The molecule has 0 bridgehead atoms. The fourth-order valence-electron chi connectivity index (χ4n) is 0.421. The first-order chi connectivity index (χ1) is 3.70. The van der Waals surface area contributed by atoms with Crippen molar-refractivity contribution in [2.24, 2.45) is 0 Å². The van der Waals surface area contributed by atoms with Gasteiger partial charge in [0.05, 0.1) is 0 Å². The molecule has 4 heteroatoms. The van der Waals surface area contributed by atoms with Crippen LogP contribution in [0.3, 0.4) is 0 Å². The fraction of sp³-hybridized carbons (Fsp3) is 0.750. The minimum Gasteiger partial charge on any atom is -0.424 e. The molecule has 2 atom stereocenters. The molecule has 0 amide bonds. The van der Waals surface area contributed by atoms with Gasteiger partial charge in [-0.2, -0.15) is 4.39 Å². The highest BCUT2D eigenvalue weighted by molar-refractivity contribution is 5.62. The van der Waals surface area contributed by atoms with E-state index in [9.17, 15) is 9.18 Å². The largest absolute Gasteiger partial charge is 0.511 e. The predicted molar refractivity (Wildman–Crippen MR) is 21.9 cm³/mol. The van der Waals surface area contributed by atoms with Gasteiger partial charge in [-0.05, 0) is 6.92 Å². The van der Waals surface area contributed by atoms with Gasteiger partial charge in [-0.15, -0.1) is 0 Å². The van der Waals surface area contributed by atoms with Gasteiger partial charge in [0.25, 0.3) is 6.36 Å². The summed E-state index contributed by atoms with van der Waals surface area (Å²) in [4.78, 5) is 9.98. The van der Waals surface area contributed by atoms with E-state index >= 15 is 0 Å². The number of ether oxygens (including phenoxy) is 2. The Morgan fingerprint density at radius 2 is 2.25 bits per heavy atom. The molecule has 46 valence electrons. The van der Waals surface area contributed by atoms with Crippen LogP contribution in [0.5, 0.6) is 0 Å². The van der Waals surface area contributed by atoms with E-state index in [4.69, 9.17) is 0 Å². The van der Waals surface area contributed by atoms with E-state index in [1.165, 1.54) is 6.92 Å². The highest BCUT2D eigenvalue weighted by Gasteiger charge is 2.32. The number of halogens is 1. The lowest BCUT2D eigenvalue weighted by atomic mass is 10.4. The monoisotopic (exact) mass is 120 g/mol. The Bertz CT molecular complexity index is 102. The van der Waals surface area contributed by atoms with Crippen LogP contribution in [0.15, 0.2) is 0 Å². The van der Waals surface area contributed by atoms with Crippen molar-refractivity contribution in [2.45, 2.75) is 19.4 Å². The minimum atomic E-state index is -1.58. The van der Waals surface area contributed by atoms with E-state index in [1.54, 1.807) is 0 Å². The maximum atomic E-state index is 12.0. The molecular weight excluding hydrogens is 115 g/mol.